The zero-order valence-electron chi connectivity index (χ0n) is 12.6. The number of halogens is 1. The van der Waals surface area contributed by atoms with Crippen molar-refractivity contribution in [3.05, 3.63) is 83.7 Å². The van der Waals surface area contributed by atoms with Crippen molar-refractivity contribution in [3.8, 4) is 0 Å². The molecule has 114 valence electrons. The van der Waals surface area contributed by atoms with E-state index in [4.69, 9.17) is 0 Å². The van der Waals surface area contributed by atoms with Gasteiger partial charge in [0.1, 0.15) is 5.82 Å². The van der Waals surface area contributed by atoms with E-state index in [1.165, 1.54) is 18.2 Å². The van der Waals surface area contributed by atoms with Gasteiger partial charge < -0.3 is 0 Å². The number of hydrogen-bond donors (Lipinski definition) is 1. The van der Waals surface area contributed by atoms with Crippen LogP contribution in [0.5, 0.6) is 0 Å². The van der Waals surface area contributed by atoms with Crippen molar-refractivity contribution >= 4 is 22.4 Å². The number of nitrogens with one attached hydrogen (secondary N) is 1. The van der Waals surface area contributed by atoms with Gasteiger partial charge in [-0.3, -0.25) is 4.79 Å². The molecular weight excluding hydrogens is 291 g/mol. The van der Waals surface area contributed by atoms with E-state index in [2.05, 4.69) is 10.5 Å². The summed E-state index contributed by atoms with van der Waals surface area (Å²) in [6.45, 7) is 1.82. The van der Waals surface area contributed by atoms with Crippen LogP contribution in [0.4, 0.5) is 4.39 Å². The van der Waals surface area contributed by atoms with Gasteiger partial charge in [0.25, 0.3) is 5.91 Å². The van der Waals surface area contributed by atoms with E-state index in [0.29, 0.717) is 5.71 Å². The highest BCUT2D eigenvalue weighted by molar-refractivity contribution is 6.03. The van der Waals surface area contributed by atoms with E-state index < -0.39 is 11.7 Å². The average Bonchev–Trinajstić information content (AvgIpc) is 2.59. The van der Waals surface area contributed by atoms with Crippen LogP contribution in [0.25, 0.3) is 10.8 Å². The minimum atomic E-state index is -0.451. The molecule has 0 aliphatic heterocycles. The molecule has 0 aromatic heterocycles. The van der Waals surface area contributed by atoms with Crippen molar-refractivity contribution in [1.82, 2.24) is 5.43 Å². The highest BCUT2D eigenvalue weighted by atomic mass is 19.1. The zero-order chi connectivity index (χ0) is 16.2. The monoisotopic (exact) mass is 306 g/mol. The summed E-state index contributed by atoms with van der Waals surface area (Å²) in [7, 11) is 0. The Kier molecular flexibility index (Phi) is 4.15. The molecule has 0 radical (unpaired) electrons. The molecule has 0 saturated heterocycles. The Hall–Kier alpha value is -3.01. The van der Waals surface area contributed by atoms with Crippen LogP contribution in [0, 0.1) is 5.82 Å². The van der Waals surface area contributed by atoms with Gasteiger partial charge in [-0.15, -0.1) is 0 Å². The minimum Gasteiger partial charge on any atom is -0.267 e. The summed E-state index contributed by atoms with van der Waals surface area (Å²) in [4.78, 5) is 12.0. The number of benzene rings is 3. The summed E-state index contributed by atoms with van der Waals surface area (Å²) >= 11 is 0. The standard InChI is InChI=1S/C19H15FN2O/c1-13(15-10-9-14-5-2-3-6-16(14)11-15)21-22-19(23)17-7-4-8-18(20)12-17/h2-12H,1H3,(H,22,23). The number of carbonyl (C=O) groups is 1. The van der Waals surface area contributed by atoms with Crippen molar-refractivity contribution < 1.29 is 9.18 Å². The number of rotatable bonds is 3. The first-order valence-electron chi connectivity index (χ1n) is 7.23. The molecule has 3 aromatic rings. The summed E-state index contributed by atoms with van der Waals surface area (Å²) < 4.78 is 13.1. The molecule has 3 nitrogen and oxygen atoms in total. The van der Waals surface area contributed by atoms with Crippen molar-refractivity contribution in [3.63, 3.8) is 0 Å². The molecule has 0 bridgehead atoms. The lowest BCUT2D eigenvalue weighted by Crippen LogP contribution is -2.19. The Morgan fingerprint density at radius 1 is 0.913 bits per heavy atom. The maximum Gasteiger partial charge on any atom is 0.271 e. The Morgan fingerprint density at radius 2 is 1.70 bits per heavy atom. The number of hydrogen-bond acceptors (Lipinski definition) is 2. The molecule has 0 atom stereocenters. The molecular formula is C19H15FN2O. The van der Waals surface area contributed by atoms with Gasteiger partial charge in [0.15, 0.2) is 0 Å². The summed E-state index contributed by atoms with van der Waals surface area (Å²) in [5.74, 6) is -0.891. The van der Waals surface area contributed by atoms with Gasteiger partial charge in [-0.1, -0.05) is 42.5 Å². The van der Waals surface area contributed by atoms with E-state index in [9.17, 15) is 9.18 Å². The van der Waals surface area contributed by atoms with Gasteiger partial charge in [-0.25, -0.2) is 9.82 Å². The molecule has 1 N–H and O–H groups in total. The third-order valence-corrected chi connectivity index (χ3v) is 3.58. The SMILES string of the molecule is CC(=NNC(=O)c1cccc(F)c1)c1ccc2ccccc2c1. The van der Waals surface area contributed by atoms with Crippen LogP contribution >= 0.6 is 0 Å². The van der Waals surface area contributed by atoms with Crippen LogP contribution in [-0.2, 0) is 0 Å². The second-order valence-corrected chi connectivity index (χ2v) is 5.21. The first kappa shape index (κ1) is 14.9. The molecule has 0 aliphatic rings. The molecule has 0 unspecified atom stereocenters. The molecule has 1 amide bonds. The summed E-state index contributed by atoms with van der Waals surface area (Å²) in [5.41, 5.74) is 4.29. The number of carbonyl (C=O) groups excluding carboxylic acids is 1. The van der Waals surface area contributed by atoms with Crippen molar-refractivity contribution in [2.45, 2.75) is 6.92 Å². The van der Waals surface area contributed by atoms with E-state index >= 15 is 0 Å². The minimum absolute atomic E-state index is 0.236. The molecule has 3 aromatic carbocycles. The van der Waals surface area contributed by atoms with Crippen molar-refractivity contribution in [1.29, 1.82) is 0 Å². The predicted octanol–water partition coefficient (Wildman–Crippen LogP) is 4.13. The van der Waals surface area contributed by atoms with Gasteiger partial charge in [0.2, 0.25) is 0 Å². The number of amides is 1. The van der Waals surface area contributed by atoms with Crippen LogP contribution in [0.2, 0.25) is 0 Å². The van der Waals surface area contributed by atoms with E-state index in [0.717, 1.165) is 16.3 Å². The van der Waals surface area contributed by atoms with Crippen LogP contribution in [0.1, 0.15) is 22.8 Å². The number of nitrogens with zero attached hydrogens (tertiary/aromatic N) is 1. The largest absolute Gasteiger partial charge is 0.271 e. The second kappa shape index (κ2) is 6.40. The molecule has 3 rings (SSSR count). The molecule has 0 heterocycles. The van der Waals surface area contributed by atoms with E-state index in [1.54, 1.807) is 6.07 Å². The van der Waals surface area contributed by atoms with Crippen LogP contribution < -0.4 is 5.43 Å². The van der Waals surface area contributed by atoms with Gasteiger partial charge in [-0.2, -0.15) is 5.10 Å². The molecule has 23 heavy (non-hydrogen) atoms. The summed E-state index contributed by atoms with van der Waals surface area (Å²) in [6, 6.07) is 19.5. The van der Waals surface area contributed by atoms with Crippen LogP contribution in [0.15, 0.2) is 71.8 Å². The average molecular weight is 306 g/mol. The molecule has 0 aliphatic carbocycles. The Balaban J connectivity index is 1.79. The van der Waals surface area contributed by atoms with E-state index in [1.807, 2.05) is 49.4 Å². The first-order chi connectivity index (χ1) is 11.1. The van der Waals surface area contributed by atoms with Gasteiger partial charge in [0.05, 0.1) is 5.71 Å². The Morgan fingerprint density at radius 3 is 2.48 bits per heavy atom. The topological polar surface area (TPSA) is 41.5 Å². The summed E-state index contributed by atoms with van der Waals surface area (Å²) in [5, 5.41) is 6.36. The fourth-order valence-corrected chi connectivity index (χ4v) is 2.31. The van der Waals surface area contributed by atoms with Crippen LogP contribution in [-0.4, -0.2) is 11.6 Å². The second-order valence-electron chi connectivity index (χ2n) is 5.21. The highest BCUT2D eigenvalue weighted by Crippen LogP contribution is 2.16. The number of hydrazone groups is 1. The normalized spacial score (nSPS) is 11.5. The third kappa shape index (κ3) is 3.43. The maximum absolute atomic E-state index is 13.1. The lowest BCUT2D eigenvalue weighted by molar-refractivity contribution is 0.0954. The quantitative estimate of drug-likeness (QED) is 0.573. The predicted molar refractivity (Wildman–Crippen MR) is 90.0 cm³/mol. The lowest BCUT2D eigenvalue weighted by Gasteiger charge is -2.05. The fourth-order valence-electron chi connectivity index (χ4n) is 2.31. The first-order valence-corrected chi connectivity index (χ1v) is 7.23. The van der Waals surface area contributed by atoms with Gasteiger partial charge in [-0.05, 0) is 47.5 Å². The third-order valence-electron chi connectivity index (χ3n) is 3.58. The van der Waals surface area contributed by atoms with E-state index in [-0.39, 0.29) is 5.56 Å². The van der Waals surface area contributed by atoms with Crippen molar-refractivity contribution in [2.75, 3.05) is 0 Å². The zero-order valence-corrected chi connectivity index (χ0v) is 12.6. The maximum atomic E-state index is 13.1. The van der Waals surface area contributed by atoms with Crippen molar-refractivity contribution in [2.24, 2.45) is 5.10 Å². The molecule has 0 saturated carbocycles. The van der Waals surface area contributed by atoms with Gasteiger partial charge >= 0.3 is 0 Å². The molecule has 0 spiro atoms. The Labute approximate surface area is 133 Å². The molecule has 0 fully saturated rings. The number of fused-ring (bicyclic) bond motifs is 1. The summed E-state index contributed by atoms with van der Waals surface area (Å²) in [6.07, 6.45) is 0. The van der Waals surface area contributed by atoms with Crippen LogP contribution in [0.3, 0.4) is 0 Å². The van der Waals surface area contributed by atoms with Gasteiger partial charge in [0, 0.05) is 5.56 Å². The Bertz CT molecular complexity index is 903. The highest BCUT2D eigenvalue weighted by Gasteiger charge is 2.06. The molecule has 4 heteroatoms. The smallest absolute Gasteiger partial charge is 0.267 e. The lowest BCUT2D eigenvalue weighted by atomic mass is 10.0. The fraction of sp³-hybridized carbons (Fsp3) is 0.0526.